The van der Waals surface area contributed by atoms with Gasteiger partial charge in [0, 0.05) is 0 Å². The highest BCUT2D eigenvalue weighted by molar-refractivity contribution is 5.35. The highest BCUT2D eigenvalue weighted by atomic mass is 16.3. The molecule has 0 amide bonds. The molecule has 4 rings (SSSR count). The molecule has 0 spiro atoms. The van der Waals surface area contributed by atoms with Gasteiger partial charge in [0.05, 0.1) is 6.10 Å². The summed E-state index contributed by atoms with van der Waals surface area (Å²) in [6.07, 6.45) is 13.2. The summed E-state index contributed by atoms with van der Waals surface area (Å²) in [5.74, 6) is 4.15. The molecule has 0 aliphatic heterocycles. The summed E-state index contributed by atoms with van der Waals surface area (Å²) >= 11 is 0. The van der Waals surface area contributed by atoms with E-state index in [4.69, 9.17) is 0 Å². The Labute approximate surface area is 181 Å². The van der Waals surface area contributed by atoms with E-state index in [1.165, 1.54) is 57.8 Å². The van der Waals surface area contributed by atoms with Crippen molar-refractivity contribution < 1.29 is 5.11 Å². The minimum atomic E-state index is -0.116. The number of hydrogen-bond donors (Lipinski definition) is 1. The molecule has 0 aromatic heterocycles. The number of aliphatic hydroxyl groups is 1. The van der Waals surface area contributed by atoms with E-state index in [2.05, 4.69) is 48.5 Å². The summed E-state index contributed by atoms with van der Waals surface area (Å²) in [6.45, 7) is 17.3. The first-order chi connectivity index (χ1) is 13.5. The second kappa shape index (κ2) is 7.39. The summed E-state index contributed by atoms with van der Waals surface area (Å²) in [7, 11) is 0. The van der Waals surface area contributed by atoms with Gasteiger partial charge in [-0.15, -0.1) is 0 Å². The van der Waals surface area contributed by atoms with Crippen LogP contribution in [0.25, 0.3) is 0 Å². The van der Waals surface area contributed by atoms with Gasteiger partial charge in [0.25, 0.3) is 0 Å². The molecular formula is C28H48O. The predicted octanol–water partition coefficient (Wildman–Crippen LogP) is 7.78. The third-order valence-corrected chi connectivity index (χ3v) is 10.9. The number of aliphatic hydroxyl groups excluding tert-OH is 1. The molecule has 0 saturated heterocycles. The third-order valence-electron chi connectivity index (χ3n) is 10.9. The topological polar surface area (TPSA) is 20.2 Å². The van der Waals surface area contributed by atoms with E-state index in [1.54, 1.807) is 0 Å². The van der Waals surface area contributed by atoms with Gasteiger partial charge in [-0.1, -0.05) is 72.5 Å². The minimum Gasteiger partial charge on any atom is -0.393 e. The molecular weight excluding hydrogens is 352 g/mol. The van der Waals surface area contributed by atoms with Crippen molar-refractivity contribution in [2.24, 2.45) is 45.8 Å². The Morgan fingerprint density at radius 1 is 0.897 bits per heavy atom. The van der Waals surface area contributed by atoms with Gasteiger partial charge in [-0.2, -0.15) is 0 Å². The van der Waals surface area contributed by atoms with Crippen LogP contribution in [0.2, 0.25) is 0 Å². The molecule has 0 aromatic rings. The van der Waals surface area contributed by atoms with Crippen LogP contribution in [0.5, 0.6) is 0 Å². The molecule has 4 aliphatic carbocycles. The summed E-state index contributed by atoms with van der Waals surface area (Å²) in [5, 5.41) is 10.7. The van der Waals surface area contributed by atoms with Crippen LogP contribution >= 0.6 is 0 Å². The van der Waals surface area contributed by atoms with E-state index in [0.717, 1.165) is 30.1 Å². The molecule has 7 atom stereocenters. The van der Waals surface area contributed by atoms with E-state index >= 15 is 0 Å². The summed E-state index contributed by atoms with van der Waals surface area (Å²) in [5.41, 5.74) is 4.73. The van der Waals surface area contributed by atoms with Crippen molar-refractivity contribution in [3.63, 3.8) is 0 Å². The lowest BCUT2D eigenvalue weighted by Gasteiger charge is -2.60. The van der Waals surface area contributed by atoms with Crippen molar-refractivity contribution in [1.29, 1.82) is 0 Å². The molecule has 0 aromatic carbocycles. The first-order valence-electron chi connectivity index (χ1n) is 12.9. The fraction of sp³-hybridized carbons (Fsp3) is 0.929. The Balaban J connectivity index is 1.61. The number of rotatable bonds is 4. The van der Waals surface area contributed by atoms with Gasteiger partial charge in [0.1, 0.15) is 0 Å². The number of allylic oxidation sites excluding steroid dienone is 2. The van der Waals surface area contributed by atoms with Crippen molar-refractivity contribution in [3.05, 3.63) is 11.1 Å². The standard InChI is InChI=1S/C28H48O/c1-18(2)8-9-19(3)21-11-12-22-20-10-13-24-26(4,5)25(29)15-17-28(24,7)23(20)14-16-27(21,22)6/h18-19,21-22,24-25,29H,8-17H2,1-7H3/t19-,21-,22-,24+,25+,27-,28-/m1/s1. The average Bonchev–Trinajstić information content (AvgIpc) is 3.00. The van der Waals surface area contributed by atoms with Crippen molar-refractivity contribution in [2.75, 3.05) is 0 Å². The maximum Gasteiger partial charge on any atom is 0.0594 e. The normalized spacial score (nSPS) is 45.0. The highest BCUT2D eigenvalue weighted by Gasteiger charge is 2.59. The Kier molecular flexibility index (Phi) is 5.58. The van der Waals surface area contributed by atoms with E-state index < -0.39 is 0 Å². The van der Waals surface area contributed by atoms with Gasteiger partial charge >= 0.3 is 0 Å². The molecule has 0 radical (unpaired) electrons. The summed E-state index contributed by atoms with van der Waals surface area (Å²) in [4.78, 5) is 0. The van der Waals surface area contributed by atoms with Crippen LogP contribution in [0, 0.1) is 45.8 Å². The Morgan fingerprint density at radius 3 is 2.31 bits per heavy atom. The minimum absolute atomic E-state index is 0.0653. The monoisotopic (exact) mass is 400 g/mol. The smallest absolute Gasteiger partial charge is 0.0594 e. The zero-order valence-electron chi connectivity index (χ0n) is 20.5. The molecule has 1 nitrogen and oxygen atoms in total. The second-order valence-electron chi connectivity index (χ2n) is 13.1. The van der Waals surface area contributed by atoms with Crippen molar-refractivity contribution in [1.82, 2.24) is 0 Å². The molecule has 1 heteroatoms. The first-order valence-corrected chi connectivity index (χ1v) is 12.9. The zero-order valence-corrected chi connectivity index (χ0v) is 20.5. The lowest BCUT2D eigenvalue weighted by molar-refractivity contribution is -0.0931. The van der Waals surface area contributed by atoms with Crippen LogP contribution in [0.15, 0.2) is 11.1 Å². The van der Waals surface area contributed by atoms with E-state index in [0.29, 0.717) is 16.7 Å². The van der Waals surface area contributed by atoms with E-state index in [-0.39, 0.29) is 11.5 Å². The maximum absolute atomic E-state index is 10.7. The van der Waals surface area contributed by atoms with Gasteiger partial charge < -0.3 is 5.11 Å². The summed E-state index contributed by atoms with van der Waals surface area (Å²) in [6, 6.07) is 0. The molecule has 29 heavy (non-hydrogen) atoms. The molecule has 0 bridgehead atoms. The molecule has 166 valence electrons. The Morgan fingerprint density at radius 2 is 1.62 bits per heavy atom. The second-order valence-corrected chi connectivity index (χ2v) is 13.1. The molecule has 0 heterocycles. The molecule has 1 N–H and O–H groups in total. The van der Waals surface area contributed by atoms with E-state index in [9.17, 15) is 5.11 Å². The Bertz CT molecular complexity index is 657. The molecule has 2 fully saturated rings. The van der Waals surface area contributed by atoms with Crippen molar-refractivity contribution >= 4 is 0 Å². The van der Waals surface area contributed by atoms with Gasteiger partial charge in [-0.3, -0.25) is 0 Å². The van der Waals surface area contributed by atoms with Gasteiger partial charge in [-0.25, -0.2) is 0 Å². The number of fused-ring (bicyclic) bond motifs is 4. The van der Waals surface area contributed by atoms with Crippen molar-refractivity contribution in [3.8, 4) is 0 Å². The quantitative estimate of drug-likeness (QED) is 0.478. The van der Waals surface area contributed by atoms with Gasteiger partial charge in [0.15, 0.2) is 0 Å². The van der Waals surface area contributed by atoms with E-state index in [1.807, 2.05) is 11.1 Å². The SMILES string of the molecule is CC(C)CC[C@@H](C)[C@H]1CC[C@@H]2C3=C(CC[C@@]21C)[C@@]1(C)CC[C@H](O)C(C)(C)[C@@H]1CC3. The Hall–Kier alpha value is -0.300. The van der Waals surface area contributed by atoms with Gasteiger partial charge in [0.2, 0.25) is 0 Å². The van der Waals surface area contributed by atoms with Crippen molar-refractivity contribution in [2.45, 2.75) is 119 Å². The van der Waals surface area contributed by atoms with Crippen LogP contribution in [0.1, 0.15) is 113 Å². The lowest BCUT2D eigenvalue weighted by atomic mass is 9.46. The molecule has 0 unspecified atom stereocenters. The van der Waals surface area contributed by atoms with Gasteiger partial charge in [-0.05, 0) is 97.2 Å². The maximum atomic E-state index is 10.7. The highest BCUT2D eigenvalue weighted by Crippen LogP contribution is 2.68. The molecule has 2 saturated carbocycles. The zero-order chi connectivity index (χ0) is 21.2. The van der Waals surface area contributed by atoms with Crippen LogP contribution in [-0.4, -0.2) is 11.2 Å². The third kappa shape index (κ3) is 3.28. The molecule has 4 aliphatic rings. The summed E-state index contributed by atoms with van der Waals surface area (Å²) < 4.78 is 0. The van der Waals surface area contributed by atoms with Crippen LogP contribution < -0.4 is 0 Å². The number of hydrogen-bond acceptors (Lipinski definition) is 1. The average molecular weight is 401 g/mol. The first kappa shape index (κ1) is 21.9. The fourth-order valence-electron chi connectivity index (χ4n) is 9.06. The van der Waals surface area contributed by atoms with Crippen LogP contribution in [-0.2, 0) is 0 Å². The van der Waals surface area contributed by atoms with Crippen LogP contribution in [0.4, 0.5) is 0 Å². The largest absolute Gasteiger partial charge is 0.393 e. The fourth-order valence-corrected chi connectivity index (χ4v) is 9.06. The lowest BCUT2D eigenvalue weighted by Crippen LogP contribution is -2.53. The predicted molar refractivity (Wildman–Crippen MR) is 124 cm³/mol. The van der Waals surface area contributed by atoms with Crippen LogP contribution in [0.3, 0.4) is 0 Å².